The van der Waals surface area contributed by atoms with E-state index in [9.17, 15) is 14.4 Å². The maximum Gasteiger partial charge on any atom is 0.417 e. The maximum absolute atomic E-state index is 12.8. The molecular weight excluding hydrogens is 330 g/mol. The molecule has 0 aliphatic heterocycles. The normalized spacial score (nSPS) is 11.0. The second-order valence-electron chi connectivity index (χ2n) is 5.55. The minimum atomic E-state index is -0.584. The van der Waals surface area contributed by atoms with Crippen LogP contribution in [-0.4, -0.2) is 35.7 Å². The summed E-state index contributed by atoms with van der Waals surface area (Å²) in [7, 11) is 3.28. The van der Waals surface area contributed by atoms with Gasteiger partial charge in [-0.15, -0.1) is 11.3 Å². The van der Waals surface area contributed by atoms with Gasteiger partial charge in [-0.1, -0.05) is 0 Å². The molecule has 1 aromatic carbocycles. The maximum atomic E-state index is 12.8. The number of hydrogen-bond acceptors (Lipinski definition) is 6. The number of oxazole rings is 1. The van der Waals surface area contributed by atoms with Gasteiger partial charge in [-0.25, -0.2) is 4.79 Å². The fraction of sp³-hybridized carbons (Fsp3) is 0.188. The van der Waals surface area contributed by atoms with Gasteiger partial charge in [-0.05, 0) is 30.7 Å². The molecule has 1 amide bonds. The number of aromatic amines is 1. The molecule has 3 aromatic rings. The number of nitrogens with one attached hydrogen (secondary N) is 1. The van der Waals surface area contributed by atoms with E-state index in [1.54, 1.807) is 33.2 Å². The molecular formula is C16H15N3O4S. The van der Waals surface area contributed by atoms with Crippen molar-refractivity contribution in [1.29, 1.82) is 0 Å². The first-order chi connectivity index (χ1) is 11.3. The van der Waals surface area contributed by atoms with Gasteiger partial charge in [0.15, 0.2) is 11.4 Å². The van der Waals surface area contributed by atoms with Crippen molar-refractivity contribution in [3.05, 3.63) is 50.3 Å². The minimum absolute atomic E-state index is 0.199. The first-order valence-corrected chi connectivity index (χ1v) is 7.89. The Bertz CT molecular complexity index is 1030. The first kappa shape index (κ1) is 16.0. The van der Waals surface area contributed by atoms with E-state index in [0.29, 0.717) is 37.7 Å². The van der Waals surface area contributed by atoms with Crippen LogP contribution in [0.25, 0.3) is 11.1 Å². The lowest BCUT2D eigenvalue weighted by atomic mass is 10.0. The lowest BCUT2D eigenvalue weighted by Gasteiger charge is -2.09. The highest BCUT2D eigenvalue weighted by atomic mass is 32.1. The van der Waals surface area contributed by atoms with Crippen molar-refractivity contribution < 1.29 is 14.0 Å². The van der Waals surface area contributed by atoms with E-state index in [0.717, 1.165) is 11.3 Å². The average Bonchev–Trinajstić information content (AvgIpc) is 3.03. The number of fused-ring (bicyclic) bond motifs is 1. The summed E-state index contributed by atoms with van der Waals surface area (Å²) in [6.45, 7) is 1.70. The molecule has 24 heavy (non-hydrogen) atoms. The van der Waals surface area contributed by atoms with Crippen LogP contribution in [0, 0.1) is 6.92 Å². The van der Waals surface area contributed by atoms with Crippen LogP contribution in [0.15, 0.2) is 27.4 Å². The van der Waals surface area contributed by atoms with E-state index < -0.39 is 5.76 Å². The third-order valence-corrected chi connectivity index (χ3v) is 4.79. The molecule has 2 aromatic heterocycles. The molecule has 2 heterocycles. The molecule has 124 valence electrons. The molecule has 0 atom stereocenters. The molecule has 0 fully saturated rings. The van der Waals surface area contributed by atoms with E-state index in [-0.39, 0.29) is 11.7 Å². The van der Waals surface area contributed by atoms with Gasteiger partial charge >= 0.3 is 5.76 Å². The van der Waals surface area contributed by atoms with Gasteiger partial charge in [-0.3, -0.25) is 14.6 Å². The Morgan fingerprint density at radius 1 is 1.29 bits per heavy atom. The lowest BCUT2D eigenvalue weighted by molar-refractivity contribution is 0.0831. The molecule has 0 aliphatic rings. The number of ketones is 1. The number of carbonyl (C=O) groups excluding carboxylic acids is 2. The van der Waals surface area contributed by atoms with Crippen molar-refractivity contribution in [1.82, 2.24) is 9.88 Å². The summed E-state index contributed by atoms with van der Waals surface area (Å²) in [6.07, 6.45) is 0. The van der Waals surface area contributed by atoms with Crippen LogP contribution in [0.5, 0.6) is 0 Å². The number of rotatable bonds is 3. The number of carbonyl (C=O) groups is 2. The largest absolute Gasteiger partial charge is 0.417 e. The first-order valence-electron chi connectivity index (χ1n) is 7.07. The number of benzene rings is 1. The van der Waals surface area contributed by atoms with Crippen molar-refractivity contribution >= 4 is 39.1 Å². The molecule has 0 aliphatic carbocycles. The lowest BCUT2D eigenvalue weighted by Crippen LogP contribution is -2.21. The Morgan fingerprint density at radius 3 is 2.67 bits per heavy atom. The summed E-state index contributed by atoms with van der Waals surface area (Å²) >= 11 is 1.09. The SMILES string of the molecule is Cc1c(C(=O)N(C)C)sc(N)c1C(=O)c1ccc2[nH]c(=O)oc2c1. The van der Waals surface area contributed by atoms with Gasteiger partial charge in [-0.2, -0.15) is 0 Å². The summed E-state index contributed by atoms with van der Waals surface area (Å²) in [5.74, 6) is -1.10. The molecule has 0 bridgehead atoms. The predicted molar refractivity (Wildman–Crippen MR) is 91.8 cm³/mol. The minimum Gasteiger partial charge on any atom is -0.408 e. The van der Waals surface area contributed by atoms with Crippen LogP contribution in [-0.2, 0) is 0 Å². The Labute approximate surface area is 140 Å². The van der Waals surface area contributed by atoms with Crippen LogP contribution in [0.4, 0.5) is 5.00 Å². The quantitative estimate of drug-likeness (QED) is 0.706. The Balaban J connectivity index is 2.08. The van der Waals surface area contributed by atoms with Crippen molar-refractivity contribution in [2.75, 3.05) is 19.8 Å². The smallest absolute Gasteiger partial charge is 0.408 e. The van der Waals surface area contributed by atoms with Crippen molar-refractivity contribution in [2.24, 2.45) is 0 Å². The molecule has 0 unspecified atom stereocenters. The number of thiophene rings is 1. The Hall–Kier alpha value is -2.87. The zero-order valence-electron chi connectivity index (χ0n) is 13.3. The van der Waals surface area contributed by atoms with Crippen LogP contribution in [0.3, 0.4) is 0 Å². The van der Waals surface area contributed by atoms with E-state index in [4.69, 9.17) is 10.2 Å². The highest BCUT2D eigenvalue weighted by Crippen LogP contribution is 2.33. The molecule has 8 heteroatoms. The number of hydrogen-bond donors (Lipinski definition) is 2. The summed E-state index contributed by atoms with van der Waals surface area (Å²) in [4.78, 5) is 40.6. The zero-order chi connectivity index (χ0) is 17.6. The molecule has 3 N–H and O–H groups in total. The number of nitrogens with zero attached hydrogens (tertiary/aromatic N) is 1. The van der Waals surface area contributed by atoms with Crippen molar-refractivity contribution in [3.8, 4) is 0 Å². The third-order valence-electron chi connectivity index (χ3n) is 3.68. The highest BCUT2D eigenvalue weighted by molar-refractivity contribution is 7.18. The molecule has 0 saturated carbocycles. The van der Waals surface area contributed by atoms with Gasteiger partial charge in [0.2, 0.25) is 0 Å². The van der Waals surface area contributed by atoms with Crippen LogP contribution in [0.1, 0.15) is 31.2 Å². The van der Waals surface area contributed by atoms with Crippen molar-refractivity contribution in [2.45, 2.75) is 6.92 Å². The number of nitrogens with two attached hydrogens (primary N) is 1. The second kappa shape index (κ2) is 5.64. The van der Waals surface area contributed by atoms with Gasteiger partial charge in [0.25, 0.3) is 5.91 Å². The number of aromatic nitrogens is 1. The zero-order valence-corrected chi connectivity index (χ0v) is 14.1. The van der Waals surface area contributed by atoms with E-state index in [1.807, 2.05) is 0 Å². The van der Waals surface area contributed by atoms with Gasteiger partial charge in [0.1, 0.15) is 0 Å². The Kier molecular flexibility index (Phi) is 3.76. The number of nitrogen functional groups attached to an aromatic ring is 1. The number of amides is 1. The van der Waals surface area contributed by atoms with Gasteiger partial charge in [0.05, 0.1) is 21.0 Å². The van der Waals surface area contributed by atoms with Crippen molar-refractivity contribution in [3.63, 3.8) is 0 Å². The fourth-order valence-electron chi connectivity index (χ4n) is 2.46. The Morgan fingerprint density at radius 2 is 2.00 bits per heavy atom. The van der Waals surface area contributed by atoms with E-state index in [1.165, 1.54) is 11.0 Å². The molecule has 0 radical (unpaired) electrons. The summed E-state index contributed by atoms with van der Waals surface area (Å²) in [6, 6.07) is 4.66. The van der Waals surface area contributed by atoms with Crippen LogP contribution in [0.2, 0.25) is 0 Å². The van der Waals surface area contributed by atoms with Crippen LogP contribution >= 0.6 is 11.3 Å². The van der Waals surface area contributed by atoms with Gasteiger partial charge in [0, 0.05) is 19.7 Å². The monoisotopic (exact) mass is 345 g/mol. The third kappa shape index (κ3) is 2.50. The van der Waals surface area contributed by atoms with E-state index in [2.05, 4.69) is 4.98 Å². The number of anilines is 1. The summed E-state index contributed by atoms with van der Waals surface area (Å²) in [5.41, 5.74) is 7.98. The number of H-pyrrole nitrogens is 1. The molecule has 0 saturated heterocycles. The standard InChI is InChI=1S/C16H15N3O4S/c1-7-11(14(17)24-13(7)15(21)19(2)3)12(20)8-4-5-9-10(6-8)23-16(22)18-9/h4-6H,17H2,1-3H3,(H,18,22). The highest BCUT2D eigenvalue weighted by Gasteiger charge is 2.25. The summed E-state index contributed by atoms with van der Waals surface area (Å²) < 4.78 is 4.98. The fourth-order valence-corrected chi connectivity index (χ4v) is 3.55. The van der Waals surface area contributed by atoms with Gasteiger partial charge < -0.3 is 15.1 Å². The van der Waals surface area contributed by atoms with Crippen LogP contribution < -0.4 is 11.5 Å². The molecule has 7 nitrogen and oxygen atoms in total. The van der Waals surface area contributed by atoms with E-state index >= 15 is 0 Å². The topological polar surface area (TPSA) is 109 Å². The summed E-state index contributed by atoms with van der Waals surface area (Å²) in [5, 5.41) is 0.290. The molecule has 3 rings (SSSR count). The average molecular weight is 345 g/mol. The second-order valence-corrected chi connectivity index (χ2v) is 6.60. The predicted octanol–water partition coefficient (Wildman–Crippen LogP) is 2.01. The molecule has 0 spiro atoms.